The minimum atomic E-state index is -1.14. The van der Waals surface area contributed by atoms with Crippen LogP contribution >= 0.6 is 0 Å². The van der Waals surface area contributed by atoms with Gasteiger partial charge in [0.25, 0.3) is 0 Å². The number of furan rings is 1. The number of hydrogen-bond acceptors (Lipinski definition) is 2. The maximum absolute atomic E-state index is 12.2. The molecule has 1 heterocycles. The minimum absolute atomic E-state index is 0.733. The highest BCUT2D eigenvalue weighted by molar-refractivity contribution is 7.85. The van der Waals surface area contributed by atoms with Gasteiger partial charge in [-0.3, -0.25) is 0 Å². The Labute approximate surface area is 97.8 Å². The normalized spacial score (nSPS) is 12.7. The molecule has 1 aromatic heterocycles. The van der Waals surface area contributed by atoms with Gasteiger partial charge in [0.2, 0.25) is 0 Å². The molecule has 2 rings (SSSR count). The molecule has 2 nitrogen and oxygen atoms in total. The van der Waals surface area contributed by atoms with E-state index in [1.165, 1.54) is 5.56 Å². The molecule has 0 aliphatic rings. The zero-order valence-corrected chi connectivity index (χ0v) is 10.4. The van der Waals surface area contributed by atoms with E-state index in [2.05, 4.69) is 0 Å². The Kier molecular flexibility index (Phi) is 2.97. The van der Waals surface area contributed by atoms with Crippen molar-refractivity contribution in [1.82, 2.24) is 0 Å². The molecule has 0 radical (unpaired) electrons. The van der Waals surface area contributed by atoms with Crippen molar-refractivity contribution in [2.45, 2.75) is 30.6 Å². The lowest BCUT2D eigenvalue weighted by Gasteiger charge is -2.00. The third-order valence-corrected chi connectivity index (χ3v) is 3.94. The summed E-state index contributed by atoms with van der Waals surface area (Å²) in [7, 11) is -1.14. The van der Waals surface area contributed by atoms with Crippen molar-refractivity contribution in [3.8, 4) is 0 Å². The van der Waals surface area contributed by atoms with Gasteiger partial charge in [-0.25, -0.2) is 4.21 Å². The molecule has 3 heteroatoms. The molecule has 0 amide bonds. The number of benzene rings is 1. The zero-order valence-electron chi connectivity index (χ0n) is 9.61. The molecule has 1 aromatic carbocycles. The average molecular weight is 234 g/mol. The Hall–Kier alpha value is -1.35. The van der Waals surface area contributed by atoms with E-state index in [9.17, 15) is 4.21 Å². The van der Waals surface area contributed by atoms with E-state index < -0.39 is 10.8 Å². The molecule has 16 heavy (non-hydrogen) atoms. The fourth-order valence-corrected chi connectivity index (χ4v) is 2.79. The first kappa shape index (κ1) is 11.1. The fourth-order valence-electron chi connectivity index (χ4n) is 1.58. The Morgan fingerprint density at radius 1 is 1.06 bits per heavy atom. The van der Waals surface area contributed by atoms with Crippen LogP contribution in [-0.4, -0.2) is 4.21 Å². The maximum Gasteiger partial charge on any atom is 0.117 e. The third kappa shape index (κ3) is 2.09. The van der Waals surface area contributed by atoms with Crippen LogP contribution < -0.4 is 0 Å². The quantitative estimate of drug-likeness (QED) is 0.797. The van der Waals surface area contributed by atoms with E-state index in [1.54, 1.807) is 0 Å². The second-order valence-corrected chi connectivity index (χ2v) is 5.31. The van der Waals surface area contributed by atoms with Crippen LogP contribution in [0.4, 0.5) is 0 Å². The van der Waals surface area contributed by atoms with Crippen LogP contribution in [0.5, 0.6) is 0 Å². The van der Waals surface area contributed by atoms with Crippen molar-refractivity contribution < 1.29 is 8.63 Å². The second kappa shape index (κ2) is 4.26. The lowest BCUT2D eigenvalue weighted by atomic mass is 10.2. The van der Waals surface area contributed by atoms with Crippen molar-refractivity contribution in [1.29, 1.82) is 0 Å². The molecule has 1 atom stereocenters. The SMILES string of the molecule is Cc1ccc(S(=O)c2cc(C)oc2C)cc1. The summed E-state index contributed by atoms with van der Waals surface area (Å²) in [5.41, 5.74) is 1.17. The van der Waals surface area contributed by atoms with E-state index in [-0.39, 0.29) is 0 Å². The van der Waals surface area contributed by atoms with Crippen molar-refractivity contribution in [3.05, 3.63) is 47.4 Å². The Balaban J connectivity index is 2.39. The summed E-state index contributed by atoms with van der Waals surface area (Å²) < 4.78 is 17.6. The van der Waals surface area contributed by atoms with Crippen molar-refractivity contribution in [2.75, 3.05) is 0 Å². The van der Waals surface area contributed by atoms with Crippen LogP contribution in [0.1, 0.15) is 17.1 Å². The van der Waals surface area contributed by atoms with Crippen LogP contribution in [-0.2, 0) is 10.8 Å². The summed E-state index contributed by atoms with van der Waals surface area (Å²) in [4.78, 5) is 1.58. The summed E-state index contributed by atoms with van der Waals surface area (Å²) in [6.45, 7) is 5.72. The first-order valence-corrected chi connectivity index (χ1v) is 6.28. The molecule has 0 spiro atoms. The molecular formula is C13H14O2S. The third-order valence-electron chi connectivity index (χ3n) is 2.43. The van der Waals surface area contributed by atoms with Crippen LogP contribution in [0.2, 0.25) is 0 Å². The van der Waals surface area contributed by atoms with Gasteiger partial charge < -0.3 is 4.42 Å². The molecule has 0 bridgehead atoms. The largest absolute Gasteiger partial charge is 0.465 e. The van der Waals surface area contributed by atoms with Crippen molar-refractivity contribution in [2.24, 2.45) is 0 Å². The predicted molar refractivity (Wildman–Crippen MR) is 64.0 cm³/mol. The topological polar surface area (TPSA) is 30.2 Å². The predicted octanol–water partition coefficient (Wildman–Crippen LogP) is 3.37. The molecule has 84 valence electrons. The minimum Gasteiger partial charge on any atom is -0.465 e. The highest BCUT2D eigenvalue weighted by atomic mass is 32.2. The number of hydrogen-bond donors (Lipinski definition) is 0. The molecule has 0 aliphatic heterocycles. The van der Waals surface area contributed by atoms with Gasteiger partial charge in [-0.1, -0.05) is 17.7 Å². The first-order chi connectivity index (χ1) is 7.58. The van der Waals surface area contributed by atoms with Gasteiger partial charge in [0.05, 0.1) is 15.7 Å². The van der Waals surface area contributed by atoms with E-state index in [4.69, 9.17) is 4.42 Å². The van der Waals surface area contributed by atoms with E-state index >= 15 is 0 Å². The number of aryl methyl sites for hydroxylation is 3. The fraction of sp³-hybridized carbons (Fsp3) is 0.231. The van der Waals surface area contributed by atoms with Gasteiger partial charge in [-0.05, 0) is 39.0 Å². The Bertz CT molecular complexity index is 523. The van der Waals surface area contributed by atoms with Crippen molar-refractivity contribution in [3.63, 3.8) is 0 Å². The lowest BCUT2D eigenvalue weighted by molar-refractivity contribution is 0.498. The molecule has 0 aliphatic carbocycles. The molecule has 0 fully saturated rings. The molecule has 2 aromatic rings. The zero-order chi connectivity index (χ0) is 11.7. The lowest BCUT2D eigenvalue weighted by Crippen LogP contribution is -1.92. The standard InChI is InChI=1S/C13H14O2S/c1-9-4-6-12(7-5-9)16(14)13-8-10(2)15-11(13)3/h4-8H,1-3H3. The summed E-state index contributed by atoms with van der Waals surface area (Å²) >= 11 is 0. The monoisotopic (exact) mass is 234 g/mol. The summed E-state index contributed by atoms with van der Waals surface area (Å²) in [6.07, 6.45) is 0. The highest BCUT2D eigenvalue weighted by Gasteiger charge is 2.13. The molecule has 0 saturated heterocycles. The van der Waals surface area contributed by atoms with Gasteiger partial charge in [0, 0.05) is 4.90 Å². The van der Waals surface area contributed by atoms with Crippen LogP contribution in [0.15, 0.2) is 44.5 Å². The van der Waals surface area contributed by atoms with Gasteiger partial charge in [0.1, 0.15) is 11.5 Å². The Morgan fingerprint density at radius 2 is 1.69 bits per heavy atom. The molecule has 1 unspecified atom stereocenters. The van der Waals surface area contributed by atoms with Crippen LogP contribution in [0.25, 0.3) is 0 Å². The summed E-state index contributed by atoms with van der Waals surface area (Å²) in [6, 6.07) is 9.57. The second-order valence-electron chi connectivity index (χ2n) is 3.86. The van der Waals surface area contributed by atoms with E-state index in [1.807, 2.05) is 51.1 Å². The van der Waals surface area contributed by atoms with Gasteiger partial charge in [0.15, 0.2) is 0 Å². The smallest absolute Gasteiger partial charge is 0.117 e. The van der Waals surface area contributed by atoms with Crippen LogP contribution in [0.3, 0.4) is 0 Å². The van der Waals surface area contributed by atoms with Crippen molar-refractivity contribution >= 4 is 10.8 Å². The average Bonchev–Trinajstić information content (AvgIpc) is 2.58. The van der Waals surface area contributed by atoms with Gasteiger partial charge in [-0.15, -0.1) is 0 Å². The van der Waals surface area contributed by atoms with Gasteiger partial charge >= 0.3 is 0 Å². The van der Waals surface area contributed by atoms with E-state index in [0.29, 0.717) is 0 Å². The molecule has 0 saturated carbocycles. The highest BCUT2D eigenvalue weighted by Crippen LogP contribution is 2.23. The molecule has 0 N–H and O–H groups in total. The van der Waals surface area contributed by atoms with E-state index in [0.717, 1.165) is 21.3 Å². The Morgan fingerprint density at radius 3 is 2.19 bits per heavy atom. The summed E-state index contributed by atoms with van der Waals surface area (Å²) in [5.74, 6) is 1.53. The number of rotatable bonds is 2. The van der Waals surface area contributed by atoms with Gasteiger partial charge in [-0.2, -0.15) is 0 Å². The molecular weight excluding hydrogens is 220 g/mol. The first-order valence-electron chi connectivity index (χ1n) is 5.13. The maximum atomic E-state index is 12.2. The summed E-state index contributed by atoms with van der Waals surface area (Å²) in [5, 5.41) is 0. The van der Waals surface area contributed by atoms with Crippen LogP contribution in [0, 0.1) is 20.8 Å².